The molecule has 0 spiro atoms. The Morgan fingerprint density at radius 3 is 3.08 bits per heavy atom. The zero-order chi connectivity index (χ0) is 16.9. The number of rotatable bonds is 6. The minimum Gasteiger partial charge on any atom is -0.497 e. The number of amides is 2. The van der Waals surface area contributed by atoms with Gasteiger partial charge in [-0.2, -0.15) is 5.10 Å². The predicted molar refractivity (Wildman–Crippen MR) is 86.5 cm³/mol. The average molecular weight is 329 g/mol. The van der Waals surface area contributed by atoms with Crippen LogP contribution >= 0.6 is 0 Å². The minimum atomic E-state index is -0.188. The minimum absolute atomic E-state index is 0.00942. The van der Waals surface area contributed by atoms with Crippen LogP contribution in [-0.4, -0.2) is 46.3 Å². The number of aromatic nitrogens is 3. The SMILES string of the molecule is COc1cccc(N2C[C@H](NC(=O)CCn3cncn3)CC2=O)c1. The third-order valence-electron chi connectivity index (χ3n) is 3.89. The number of aryl methyl sites for hydroxylation is 1. The van der Waals surface area contributed by atoms with Gasteiger partial charge < -0.3 is 15.0 Å². The number of carbonyl (C=O) groups excluding carboxylic acids is 2. The van der Waals surface area contributed by atoms with Crippen LogP contribution in [0.4, 0.5) is 5.69 Å². The summed E-state index contributed by atoms with van der Waals surface area (Å²) in [6.45, 7) is 0.924. The van der Waals surface area contributed by atoms with Crippen LogP contribution in [0.15, 0.2) is 36.9 Å². The smallest absolute Gasteiger partial charge is 0.229 e. The van der Waals surface area contributed by atoms with Gasteiger partial charge in [0.1, 0.15) is 18.4 Å². The largest absolute Gasteiger partial charge is 0.497 e. The Hall–Kier alpha value is -2.90. The van der Waals surface area contributed by atoms with Crippen molar-refractivity contribution in [3.05, 3.63) is 36.9 Å². The number of ether oxygens (including phenoxy) is 1. The summed E-state index contributed by atoms with van der Waals surface area (Å²) in [5.74, 6) is 0.584. The van der Waals surface area contributed by atoms with Crippen LogP contribution in [0, 0.1) is 0 Å². The third-order valence-corrected chi connectivity index (χ3v) is 3.89. The van der Waals surface area contributed by atoms with Gasteiger partial charge in [0.15, 0.2) is 0 Å². The van der Waals surface area contributed by atoms with Gasteiger partial charge in [0.2, 0.25) is 11.8 Å². The van der Waals surface area contributed by atoms with Gasteiger partial charge in [-0.25, -0.2) is 4.98 Å². The molecule has 0 radical (unpaired) electrons. The fraction of sp³-hybridized carbons (Fsp3) is 0.375. The predicted octanol–water partition coefficient (Wildman–Crippen LogP) is 0.598. The quantitative estimate of drug-likeness (QED) is 0.838. The van der Waals surface area contributed by atoms with Crippen LogP contribution in [0.2, 0.25) is 0 Å². The van der Waals surface area contributed by atoms with E-state index in [9.17, 15) is 9.59 Å². The summed E-state index contributed by atoms with van der Waals surface area (Å²) in [7, 11) is 1.59. The van der Waals surface area contributed by atoms with Gasteiger partial charge in [-0.15, -0.1) is 0 Å². The molecule has 0 unspecified atom stereocenters. The molecule has 2 aromatic rings. The maximum absolute atomic E-state index is 12.2. The summed E-state index contributed by atoms with van der Waals surface area (Å²) < 4.78 is 6.79. The maximum Gasteiger partial charge on any atom is 0.229 e. The molecule has 8 nitrogen and oxygen atoms in total. The van der Waals surface area contributed by atoms with Crippen LogP contribution in [0.3, 0.4) is 0 Å². The summed E-state index contributed by atoms with van der Waals surface area (Å²) in [5.41, 5.74) is 0.777. The summed E-state index contributed by atoms with van der Waals surface area (Å²) >= 11 is 0. The number of hydrogen-bond donors (Lipinski definition) is 1. The zero-order valence-corrected chi connectivity index (χ0v) is 13.4. The van der Waals surface area contributed by atoms with E-state index >= 15 is 0 Å². The second kappa shape index (κ2) is 7.12. The van der Waals surface area contributed by atoms with Gasteiger partial charge in [0, 0.05) is 31.1 Å². The highest BCUT2D eigenvalue weighted by atomic mass is 16.5. The molecule has 1 aliphatic rings. The fourth-order valence-corrected chi connectivity index (χ4v) is 2.70. The molecular weight excluding hydrogens is 310 g/mol. The monoisotopic (exact) mass is 329 g/mol. The molecule has 24 heavy (non-hydrogen) atoms. The number of methoxy groups -OCH3 is 1. The van der Waals surface area contributed by atoms with Crippen molar-refractivity contribution < 1.29 is 14.3 Å². The Morgan fingerprint density at radius 2 is 2.33 bits per heavy atom. The van der Waals surface area contributed by atoms with Crippen LogP contribution in [0.5, 0.6) is 5.75 Å². The highest BCUT2D eigenvalue weighted by molar-refractivity contribution is 5.97. The lowest BCUT2D eigenvalue weighted by atomic mass is 10.2. The first-order chi connectivity index (χ1) is 11.7. The molecule has 1 aromatic carbocycles. The first kappa shape index (κ1) is 16.0. The number of anilines is 1. The number of benzene rings is 1. The highest BCUT2D eigenvalue weighted by Crippen LogP contribution is 2.25. The van der Waals surface area contributed by atoms with Crippen LogP contribution in [-0.2, 0) is 16.1 Å². The van der Waals surface area contributed by atoms with Crippen molar-refractivity contribution in [1.29, 1.82) is 0 Å². The number of nitrogens with zero attached hydrogens (tertiary/aromatic N) is 4. The Bertz CT molecular complexity index is 716. The Balaban J connectivity index is 1.55. The number of hydrogen-bond acceptors (Lipinski definition) is 5. The Kier molecular flexibility index (Phi) is 4.74. The van der Waals surface area contributed by atoms with Gasteiger partial charge >= 0.3 is 0 Å². The molecule has 0 bridgehead atoms. The van der Waals surface area contributed by atoms with E-state index < -0.39 is 0 Å². The van der Waals surface area contributed by atoms with Crippen molar-refractivity contribution in [3.63, 3.8) is 0 Å². The van der Waals surface area contributed by atoms with Crippen molar-refractivity contribution in [2.75, 3.05) is 18.6 Å². The maximum atomic E-state index is 12.2. The lowest BCUT2D eigenvalue weighted by Crippen LogP contribution is -2.37. The second-order valence-electron chi connectivity index (χ2n) is 5.58. The van der Waals surface area contributed by atoms with Crippen LogP contribution in [0.1, 0.15) is 12.8 Å². The molecule has 2 heterocycles. The van der Waals surface area contributed by atoms with E-state index in [4.69, 9.17) is 4.74 Å². The molecule has 1 fully saturated rings. The normalized spacial score (nSPS) is 17.1. The van der Waals surface area contributed by atoms with Crippen molar-refractivity contribution in [2.24, 2.45) is 0 Å². The third kappa shape index (κ3) is 3.70. The summed E-state index contributed by atoms with van der Waals surface area (Å²) in [5, 5.41) is 6.86. The molecule has 3 rings (SSSR count). The van der Waals surface area contributed by atoms with Crippen molar-refractivity contribution in [1.82, 2.24) is 20.1 Å². The molecule has 1 aliphatic heterocycles. The summed E-state index contributed by atoms with van der Waals surface area (Å²) in [6.07, 6.45) is 3.59. The lowest BCUT2D eigenvalue weighted by molar-refractivity contribution is -0.122. The molecule has 2 amide bonds. The van der Waals surface area contributed by atoms with Gasteiger partial charge in [-0.3, -0.25) is 14.3 Å². The molecule has 1 aromatic heterocycles. The Labute approximate surface area is 139 Å². The van der Waals surface area contributed by atoms with E-state index in [1.807, 2.05) is 24.3 Å². The van der Waals surface area contributed by atoms with Crippen molar-refractivity contribution >= 4 is 17.5 Å². The molecule has 1 saturated heterocycles. The summed E-state index contributed by atoms with van der Waals surface area (Å²) in [6, 6.07) is 7.15. The van der Waals surface area contributed by atoms with Gasteiger partial charge in [-0.05, 0) is 12.1 Å². The molecular formula is C16H19N5O3. The number of carbonyl (C=O) groups is 2. The highest BCUT2D eigenvalue weighted by Gasteiger charge is 2.31. The molecule has 1 atom stereocenters. The molecule has 0 saturated carbocycles. The first-order valence-electron chi connectivity index (χ1n) is 7.72. The molecule has 8 heteroatoms. The lowest BCUT2D eigenvalue weighted by Gasteiger charge is -2.18. The van der Waals surface area contributed by atoms with E-state index in [2.05, 4.69) is 15.4 Å². The average Bonchev–Trinajstić information content (AvgIpc) is 3.22. The van der Waals surface area contributed by atoms with E-state index in [0.29, 0.717) is 31.7 Å². The van der Waals surface area contributed by atoms with E-state index in [1.165, 1.54) is 6.33 Å². The van der Waals surface area contributed by atoms with Crippen molar-refractivity contribution in [3.8, 4) is 5.75 Å². The van der Waals surface area contributed by atoms with E-state index in [1.54, 1.807) is 23.0 Å². The van der Waals surface area contributed by atoms with Gasteiger partial charge in [0.25, 0.3) is 0 Å². The standard InChI is InChI=1S/C16H19N5O3/c1-24-14-4-2-3-13(8-14)21-9-12(7-16(21)23)19-15(22)5-6-20-11-17-10-18-20/h2-4,8,10-12H,5-7,9H2,1H3,(H,19,22)/t12-/m1/s1. The molecule has 126 valence electrons. The molecule has 0 aliphatic carbocycles. The van der Waals surface area contributed by atoms with Crippen molar-refractivity contribution in [2.45, 2.75) is 25.4 Å². The van der Waals surface area contributed by atoms with Gasteiger partial charge in [-0.1, -0.05) is 6.07 Å². The van der Waals surface area contributed by atoms with Gasteiger partial charge in [0.05, 0.1) is 19.7 Å². The second-order valence-corrected chi connectivity index (χ2v) is 5.58. The topological polar surface area (TPSA) is 89.3 Å². The molecule has 1 N–H and O–H groups in total. The summed E-state index contributed by atoms with van der Waals surface area (Å²) in [4.78, 5) is 29.7. The zero-order valence-electron chi connectivity index (χ0n) is 13.4. The number of nitrogens with one attached hydrogen (secondary N) is 1. The first-order valence-corrected chi connectivity index (χ1v) is 7.72. The Morgan fingerprint density at radius 1 is 1.46 bits per heavy atom. The van der Waals surface area contributed by atoms with E-state index in [0.717, 1.165) is 5.69 Å². The van der Waals surface area contributed by atoms with Crippen LogP contribution in [0.25, 0.3) is 0 Å². The fourth-order valence-electron chi connectivity index (χ4n) is 2.70. The van der Waals surface area contributed by atoms with Crippen LogP contribution < -0.4 is 15.0 Å². The van der Waals surface area contributed by atoms with E-state index in [-0.39, 0.29) is 17.9 Å².